The van der Waals surface area contributed by atoms with E-state index in [9.17, 15) is 9.59 Å². The summed E-state index contributed by atoms with van der Waals surface area (Å²) in [4.78, 5) is 25.4. The van der Waals surface area contributed by atoms with Gasteiger partial charge in [0.05, 0.1) is 0 Å². The molecular formula is C16H22ClN3O2. The van der Waals surface area contributed by atoms with Crippen LogP contribution >= 0.6 is 11.6 Å². The molecule has 2 rings (SSSR count). The largest absolute Gasteiger partial charge is 0.344 e. The summed E-state index contributed by atoms with van der Waals surface area (Å²) in [5, 5.41) is 6.24. The minimum atomic E-state index is -0.417. The fourth-order valence-electron chi connectivity index (χ4n) is 2.48. The number of urea groups is 1. The second kappa shape index (κ2) is 6.57. The van der Waals surface area contributed by atoms with Crippen LogP contribution in [0.1, 0.15) is 25.8 Å². The van der Waals surface area contributed by atoms with Gasteiger partial charge in [0.2, 0.25) is 5.91 Å². The molecule has 6 heteroatoms. The molecule has 1 heterocycles. The number of nitrogens with one attached hydrogen (secondary N) is 2. The van der Waals surface area contributed by atoms with Crippen LogP contribution in [0.4, 0.5) is 4.79 Å². The van der Waals surface area contributed by atoms with Gasteiger partial charge in [-0.25, -0.2) is 4.79 Å². The van der Waals surface area contributed by atoms with E-state index in [1.54, 1.807) is 11.9 Å². The van der Waals surface area contributed by atoms with E-state index in [2.05, 4.69) is 10.6 Å². The zero-order chi connectivity index (χ0) is 16.3. The number of rotatable bonds is 4. The van der Waals surface area contributed by atoms with Gasteiger partial charge >= 0.3 is 6.03 Å². The van der Waals surface area contributed by atoms with Crippen LogP contribution in [0.5, 0.6) is 0 Å². The summed E-state index contributed by atoms with van der Waals surface area (Å²) in [6, 6.07) is 6.87. The van der Waals surface area contributed by atoms with Crippen LogP contribution in [0.2, 0.25) is 5.02 Å². The first kappa shape index (κ1) is 16.6. The molecule has 1 unspecified atom stereocenters. The monoisotopic (exact) mass is 323 g/mol. The molecule has 0 aromatic heterocycles. The van der Waals surface area contributed by atoms with E-state index >= 15 is 0 Å². The smallest absolute Gasteiger partial charge is 0.315 e. The molecule has 120 valence electrons. The number of carbonyl (C=O) groups is 2. The van der Waals surface area contributed by atoms with Crippen LogP contribution in [-0.4, -0.2) is 43.0 Å². The van der Waals surface area contributed by atoms with Gasteiger partial charge in [-0.2, -0.15) is 0 Å². The zero-order valence-corrected chi connectivity index (χ0v) is 13.9. The van der Waals surface area contributed by atoms with Crippen molar-refractivity contribution in [3.63, 3.8) is 0 Å². The molecule has 0 saturated carbocycles. The summed E-state index contributed by atoms with van der Waals surface area (Å²) < 4.78 is 0. The van der Waals surface area contributed by atoms with Crippen molar-refractivity contribution in [2.45, 2.75) is 31.7 Å². The van der Waals surface area contributed by atoms with Crippen molar-refractivity contribution in [3.05, 3.63) is 34.9 Å². The maximum atomic E-state index is 12.0. The number of halogens is 1. The molecule has 0 aliphatic carbocycles. The Hall–Kier alpha value is -1.75. The number of hydrogen-bond donors (Lipinski definition) is 2. The summed E-state index contributed by atoms with van der Waals surface area (Å²) in [6.45, 7) is 5.20. The summed E-state index contributed by atoms with van der Waals surface area (Å²) in [6.07, 6.45) is 0.653. The molecule has 1 fully saturated rings. The number of likely N-dealkylation sites (N-methyl/N-ethyl adjacent to an activating group) is 1. The van der Waals surface area contributed by atoms with Crippen molar-refractivity contribution in [2.75, 3.05) is 20.1 Å². The molecule has 1 aliphatic heterocycles. The average Bonchev–Trinajstić information content (AvgIpc) is 2.77. The standard InChI is InChI=1S/C16H22ClN3O2/c1-16(2,11-5-4-6-12(17)9-11)10-18-15(22)19-13-7-8-20(3)14(13)21/h4-6,9,13H,7-8,10H2,1-3H3,(H2,18,19,22). The lowest BCUT2D eigenvalue weighted by molar-refractivity contribution is -0.128. The van der Waals surface area contributed by atoms with Crippen molar-refractivity contribution >= 4 is 23.5 Å². The normalized spacial score (nSPS) is 18.5. The number of nitrogens with zero attached hydrogens (tertiary/aromatic N) is 1. The highest BCUT2D eigenvalue weighted by Gasteiger charge is 2.30. The molecule has 1 aromatic carbocycles. The van der Waals surface area contributed by atoms with Crippen LogP contribution in [-0.2, 0) is 10.2 Å². The van der Waals surface area contributed by atoms with Crippen LogP contribution < -0.4 is 10.6 Å². The van der Waals surface area contributed by atoms with Gasteiger partial charge in [-0.1, -0.05) is 37.6 Å². The molecule has 1 atom stereocenters. The quantitative estimate of drug-likeness (QED) is 0.892. The Morgan fingerprint density at radius 3 is 2.77 bits per heavy atom. The fourth-order valence-corrected chi connectivity index (χ4v) is 2.67. The highest BCUT2D eigenvalue weighted by Crippen LogP contribution is 2.24. The van der Waals surface area contributed by atoms with E-state index in [-0.39, 0.29) is 17.4 Å². The van der Waals surface area contributed by atoms with E-state index < -0.39 is 6.04 Å². The Morgan fingerprint density at radius 2 is 2.18 bits per heavy atom. The Bertz CT molecular complexity index is 574. The third-order valence-corrected chi connectivity index (χ3v) is 4.26. The van der Waals surface area contributed by atoms with E-state index in [1.165, 1.54) is 0 Å². The van der Waals surface area contributed by atoms with Gasteiger partial charge < -0.3 is 15.5 Å². The molecule has 2 N–H and O–H groups in total. The maximum absolute atomic E-state index is 12.0. The molecule has 0 spiro atoms. The van der Waals surface area contributed by atoms with E-state index in [0.717, 1.165) is 5.56 Å². The lowest BCUT2D eigenvalue weighted by Crippen LogP contribution is -2.48. The van der Waals surface area contributed by atoms with Crippen molar-refractivity contribution in [1.29, 1.82) is 0 Å². The van der Waals surface area contributed by atoms with Gasteiger partial charge in [0, 0.05) is 30.6 Å². The average molecular weight is 324 g/mol. The molecule has 1 aromatic rings. The first-order valence-electron chi connectivity index (χ1n) is 7.35. The number of likely N-dealkylation sites (tertiary alicyclic amines) is 1. The summed E-state index contributed by atoms with van der Waals surface area (Å²) in [7, 11) is 1.74. The Kier molecular flexibility index (Phi) is 4.96. The molecule has 0 bridgehead atoms. The van der Waals surface area contributed by atoms with Crippen molar-refractivity contribution in [2.24, 2.45) is 0 Å². The number of carbonyl (C=O) groups excluding carboxylic acids is 2. The Labute approximate surface area is 136 Å². The van der Waals surface area contributed by atoms with Gasteiger partial charge in [0.1, 0.15) is 6.04 Å². The Balaban J connectivity index is 1.89. The number of hydrogen-bond acceptors (Lipinski definition) is 2. The number of amides is 3. The van der Waals surface area contributed by atoms with Gasteiger partial charge in [0.15, 0.2) is 0 Å². The van der Waals surface area contributed by atoms with Crippen LogP contribution in [0.25, 0.3) is 0 Å². The Morgan fingerprint density at radius 1 is 1.45 bits per heavy atom. The minimum absolute atomic E-state index is 0.0377. The highest BCUT2D eigenvalue weighted by atomic mass is 35.5. The van der Waals surface area contributed by atoms with Gasteiger partial charge in [-0.05, 0) is 24.1 Å². The summed E-state index contributed by atoms with van der Waals surface area (Å²) in [5.74, 6) is -0.0377. The van der Waals surface area contributed by atoms with E-state index in [0.29, 0.717) is 24.5 Å². The summed E-state index contributed by atoms with van der Waals surface area (Å²) in [5.41, 5.74) is 0.801. The molecule has 1 saturated heterocycles. The third kappa shape index (κ3) is 3.91. The van der Waals surface area contributed by atoms with Crippen LogP contribution in [0, 0.1) is 0 Å². The lowest BCUT2D eigenvalue weighted by Gasteiger charge is -2.26. The predicted octanol–water partition coefficient (Wildman–Crippen LogP) is 2.15. The molecule has 3 amide bonds. The van der Waals surface area contributed by atoms with Crippen molar-refractivity contribution in [1.82, 2.24) is 15.5 Å². The third-order valence-electron chi connectivity index (χ3n) is 4.03. The molecule has 5 nitrogen and oxygen atoms in total. The molecular weight excluding hydrogens is 302 g/mol. The first-order valence-corrected chi connectivity index (χ1v) is 7.73. The van der Waals surface area contributed by atoms with Crippen LogP contribution in [0.3, 0.4) is 0 Å². The van der Waals surface area contributed by atoms with Crippen molar-refractivity contribution in [3.8, 4) is 0 Å². The molecule has 22 heavy (non-hydrogen) atoms. The number of benzene rings is 1. The zero-order valence-electron chi connectivity index (χ0n) is 13.1. The topological polar surface area (TPSA) is 61.4 Å². The fraction of sp³-hybridized carbons (Fsp3) is 0.500. The summed E-state index contributed by atoms with van der Waals surface area (Å²) >= 11 is 6.01. The molecule has 1 aliphatic rings. The molecule has 0 radical (unpaired) electrons. The minimum Gasteiger partial charge on any atom is -0.344 e. The van der Waals surface area contributed by atoms with Crippen LogP contribution in [0.15, 0.2) is 24.3 Å². The van der Waals surface area contributed by atoms with Gasteiger partial charge in [0.25, 0.3) is 0 Å². The highest BCUT2D eigenvalue weighted by molar-refractivity contribution is 6.30. The second-order valence-electron chi connectivity index (χ2n) is 6.32. The maximum Gasteiger partial charge on any atom is 0.315 e. The van der Waals surface area contributed by atoms with Crippen molar-refractivity contribution < 1.29 is 9.59 Å². The van der Waals surface area contributed by atoms with E-state index in [1.807, 2.05) is 38.1 Å². The first-order chi connectivity index (χ1) is 10.3. The predicted molar refractivity (Wildman–Crippen MR) is 87.1 cm³/mol. The van der Waals surface area contributed by atoms with E-state index in [4.69, 9.17) is 11.6 Å². The second-order valence-corrected chi connectivity index (χ2v) is 6.76. The van der Waals surface area contributed by atoms with Gasteiger partial charge in [-0.15, -0.1) is 0 Å². The SMILES string of the molecule is CN1CCC(NC(=O)NCC(C)(C)c2cccc(Cl)c2)C1=O. The van der Waals surface area contributed by atoms with Gasteiger partial charge in [-0.3, -0.25) is 4.79 Å². The lowest BCUT2D eigenvalue weighted by atomic mass is 9.85.